The van der Waals surface area contributed by atoms with Gasteiger partial charge in [0.15, 0.2) is 5.54 Å². The Bertz CT molecular complexity index is 715. The van der Waals surface area contributed by atoms with Gasteiger partial charge in [0.25, 0.3) is 0 Å². The van der Waals surface area contributed by atoms with Gasteiger partial charge in [0.2, 0.25) is 5.91 Å². The van der Waals surface area contributed by atoms with Crippen LogP contribution in [0.2, 0.25) is 0 Å². The zero-order valence-corrected chi connectivity index (χ0v) is 20.9. The van der Waals surface area contributed by atoms with E-state index in [4.69, 9.17) is 19.9 Å². The summed E-state index contributed by atoms with van der Waals surface area (Å²) in [5.41, 5.74) is 3.38. The lowest BCUT2D eigenvalue weighted by molar-refractivity contribution is -0.148. The molecule has 1 heterocycles. The van der Waals surface area contributed by atoms with E-state index in [9.17, 15) is 19.2 Å². The summed E-state index contributed by atoms with van der Waals surface area (Å²) in [7, 11) is 1.22. The Morgan fingerprint density at radius 3 is 2.12 bits per heavy atom. The lowest BCUT2D eigenvalue weighted by Gasteiger charge is -2.30. The van der Waals surface area contributed by atoms with Crippen molar-refractivity contribution >= 4 is 24.1 Å². The number of hydrogen-bond acceptors (Lipinski definition) is 8. The van der Waals surface area contributed by atoms with E-state index >= 15 is 0 Å². The summed E-state index contributed by atoms with van der Waals surface area (Å²) in [4.78, 5) is 50.6. The van der Waals surface area contributed by atoms with Gasteiger partial charge in [-0.3, -0.25) is 4.79 Å². The molecule has 0 aromatic rings. The average molecular weight is 473 g/mol. The van der Waals surface area contributed by atoms with Gasteiger partial charge in [-0.1, -0.05) is 0 Å². The molecule has 1 aliphatic heterocycles. The third-order valence-corrected chi connectivity index (χ3v) is 4.82. The van der Waals surface area contributed by atoms with Crippen LogP contribution in [0.25, 0.3) is 0 Å². The van der Waals surface area contributed by atoms with Gasteiger partial charge in [0, 0.05) is 19.5 Å². The lowest BCUT2D eigenvalue weighted by Crippen LogP contribution is -2.58. The number of nitrogens with two attached hydrogens (primary N) is 1. The molecular formula is C22H40N4O7. The number of unbranched alkanes of at least 4 members (excludes halogenated alkanes) is 1. The minimum Gasteiger partial charge on any atom is -0.467 e. The van der Waals surface area contributed by atoms with Crippen molar-refractivity contribution in [3.8, 4) is 0 Å². The van der Waals surface area contributed by atoms with Crippen molar-refractivity contribution in [1.82, 2.24) is 15.5 Å². The van der Waals surface area contributed by atoms with Crippen molar-refractivity contribution in [2.45, 2.75) is 90.0 Å². The highest BCUT2D eigenvalue weighted by Gasteiger charge is 2.49. The Balaban J connectivity index is 2.55. The van der Waals surface area contributed by atoms with Crippen molar-refractivity contribution in [2.75, 3.05) is 26.7 Å². The maximum atomic E-state index is 12.8. The Labute approximate surface area is 196 Å². The SMILES string of the molecule is COC(=O)C1(NC(=O)OC(C)(C)C)CCN(C(=O)[C@H](N)CCCCNC(=O)OC(C)(C)C)C1. The van der Waals surface area contributed by atoms with Crippen LogP contribution in [0.15, 0.2) is 0 Å². The van der Waals surface area contributed by atoms with Crippen LogP contribution in [-0.2, 0) is 23.8 Å². The Morgan fingerprint density at radius 1 is 1.00 bits per heavy atom. The van der Waals surface area contributed by atoms with E-state index in [1.165, 1.54) is 12.0 Å². The summed E-state index contributed by atoms with van der Waals surface area (Å²) in [6.07, 6.45) is 0.606. The second kappa shape index (κ2) is 11.5. The fraction of sp³-hybridized carbons (Fsp3) is 0.818. The highest BCUT2D eigenvalue weighted by molar-refractivity contribution is 5.89. The first-order valence-electron chi connectivity index (χ1n) is 11.2. The lowest BCUT2D eigenvalue weighted by atomic mass is 9.99. The Morgan fingerprint density at radius 2 is 1.58 bits per heavy atom. The van der Waals surface area contributed by atoms with Crippen molar-refractivity contribution in [3.05, 3.63) is 0 Å². The van der Waals surface area contributed by atoms with Gasteiger partial charge in [0.05, 0.1) is 19.7 Å². The predicted molar refractivity (Wildman–Crippen MR) is 121 cm³/mol. The standard InChI is InChI=1S/C22H40N4O7/c1-20(2,3)32-18(29)24-12-9-8-10-15(23)16(27)26-13-11-22(14-26,17(28)31-7)25-19(30)33-21(4,5)6/h15H,8-14,23H2,1-7H3,(H,24,29)(H,25,30)/t15-,22?/m1/s1. The molecule has 1 rings (SSSR count). The summed E-state index contributed by atoms with van der Waals surface area (Å²) < 4.78 is 15.3. The Hall–Kier alpha value is -2.56. The molecule has 1 unspecified atom stereocenters. The highest BCUT2D eigenvalue weighted by Crippen LogP contribution is 2.25. The molecule has 2 atom stereocenters. The summed E-state index contributed by atoms with van der Waals surface area (Å²) >= 11 is 0. The van der Waals surface area contributed by atoms with E-state index in [-0.39, 0.29) is 25.4 Å². The van der Waals surface area contributed by atoms with Crippen molar-refractivity contribution in [3.63, 3.8) is 0 Å². The molecule has 33 heavy (non-hydrogen) atoms. The zero-order chi connectivity index (χ0) is 25.4. The fourth-order valence-electron chi connectivity index (χ4n) is 3.36. The number of esters is 1. The van der Waals surface area contributed by atoms with Crippen LogP contribution >= 0.6 is 0 Å². The minimum atomic E-state index is -1.39. The zero-order valence-electron chi connectivity index (χ0n) is 20.9. The van der Waals surface area contributed by atoms with E-state index in [0.29, 0.717) is 25.8 Å². The first-order chi connectivity index (χ1) is 15.1. The van der Waals surface area contributed by atoms with E-state index in [0.717, 1.165) is 0 Å². The third-order valence-electron chi connectivity index (χ3n) is 4.82. The van der Waals surface area contributed by atoms with Crippen LogP contribution < -0.4 is 16.4 Å². The molecule has 0 radical (unpaired) electrons. The van der Waals surface area contributed by atoms with Crippen molar-refractivity contribution in [2.24, 2.45) is 5.73 Å². The molecule has 3 amide bonds. The number of rotatable bonds is 8. The number of carbonyl (C=O) groups excluding carboxylic acids is 4. The van der Waals surface area contributed by atoms with E-state index < -0.39 is 40.9 Å². The summed E-state index contributed by atoms with van der Waals surface area (Å²) in [5, 5.41) is 5.25. The van der Waals surface area contributed by atoms with Gasteiger partial charge in [-0.2, -0.15) is 0 Å². The topological polar surface area (TPSA) is 149 Å². The second-order valence-corrected chi connectivity index (χ2v) is 10.2. The summed E-state index contributed by atoms with van der Waals surface area (Å²) in [5.74, 6) is -0.961. The van der Waals surface area contributed by atoms with Crippen molar-refractivity contribution < 1.29 is 33.4 Å². The minimum absolute atomic E-state index is 0.0500. The number of nitrogens with zero attached hydrogens (tertiary/aromatic N) is 1. The van der Waals surface area contributed by atoms with Gasteiger partial charge in [0.1, 0.15) is 11.2 Å². The Kier molecular flexibility index (Phi) is 9.95. The van der Waals surface area contributed by atoms with Gasteiger partial charge >= 0.3 is 18.2 Å². The van der Waals surface area contributed by atoms with Crippen LogP contribution in [-0.4, -0.2) is 78.5 Å². The number of carbonyl (C=O) groups is 4. The van der Waals surface area contributed by atoms with E-state index in [1.807, 2.05) is 0 Å². The molecule has 11 heteroatoms. The van der Waals surface area contributed by atoms with Crippen LogP contribution in [0.5, 0.6) is 0 Å². The number of ether oxygens (including phenoxy) is 3. The molecule has 0 aromatic heterocycles. The maximum absolute atomic E-state index is 12.8. The van der Waals surface area contributed by atoms with Gasteiger partial charge < -0.3 is 35.5 Å². The first-order valence-corrected chi connectivity index (χ1v) is 11.2. The summed E-state index contributed by atoms with van der Waals surface area (Å²) in [6.45, 7) is 11.1. The molecule has 1 aliphatic rings. The molecule has 190 valence electrons. The monoisotopic (exact) mass is 472 g/mol. The number of likely N-dealkylation sites (tertiary alicyclic amines) is 1. The number of methoxy groups -OCH3 is 1. The molecule has 0 bridgehead atoms. The first kappa shape index (κ1) is 28.5. The van der Waals surface area contributed by atoms with Gasteiger partial charge in [-0.05, 0) is 60.8 Å². The third kappa shape index (κ3) is 9.85. The molecule has 0 spiro atoms. The van der Waals surface area contributed by atoms with E-state index in [2.05, 4.69) is 10.6 Å². The quantitative estimate of drug-likeness (QED) is 0.274. The molecule has 4 N–H and O–H groups in total. The molecule has 1 saturated heterocycles. The number of nitrogens with one attached hydrogen (secondary N) is 2. The largest absolute Gasteiger partial charge is 0.467 e. The molecule has 11 nitrogen and oxygen atoms in total. The average Bonchev–Trinajstić information content (AvgIpc) is 3.08. The number of alkyl carbamates (subject to hydrolysis) is 2. The highest BCUT2D eigenvalue weighted by atomic mass is 16.6. The molecule has 0 aromatic carbocycles. The molecule has 0 saturated carbocycles. The van der Waals surface area contributed by atoms with Crippen LogP contribution in [0.3, 0.4) is 0 Å². The van der Waals surface area contributed by atoms with Crippen LogP contribution in [0.4, 0.5) is 9.59 Å². The second-order valence-electron chi connectivity index (χ2n) is 10.2. The molecule has 1 fully saturated rings. The van der Waals surface area contributed by atoms with Crippen LogP contribution in [0, 0.1) is 0 Å². The van der Waals surface area contributed by atoms with Gasteiger partial charge in [-0.15, -0.1) is 0 Å². The summed E-state index contributed by atoms with van der Waals surface area (Å²) in [6, 6.07) is -0.762. The number of amides is 3. The molecule has 0 aliphatic carbocycles. The molecular weight excluding hydrogens is 432 g/mol. The van der Waals surface area contributed by atoms with Gasteiger partial charge in [-0.25, -0.2) is 14.4 Å². The number of hydrogen-bond donors (Lipinski definition) is 3. The smallest absolute Gasteiger partial charge is 0.408 e. The van der Waals surface area contributed by atoms with Crippen LogP contribution in [0.1, 0.15) is 67.2 Å². The normalized spacial score (nSPS) is 19.5. The van der Waals surface area contributed by atoms with E-state index in [1.54, 1.807) is 41.5 Å². The predicted octanol–water partition coefficient (Wildman–Crippen LogP) is 1.68. The maximum Gasteiger partial charge on any atom is 0.408 e. The fourth-order valence-corrected chi connectivity index (χ4v) is 3.36. The van der Waals surface area contributed by atoms with Crippen molar-refractivity contribution in [1.29, 1.82) is 0 Å².